The molecule has 2 rings (SSSR count). The maximum atomic E-state index is 10.9. The van der Waals surface area contributed by atoms with Crippen molar-refractivity contribution in [1.82, 2.24) is 10.2 Å². The summed E-state index contributed by atoms with van der Waals surface area (Å²) in [6.07, 6.45) is 0. The molecule has 0 bridgehead atoms. The number of hydrogen-bond donors (Lipinski definition) is 1. The molecular weight excluding hydrogens is 310 g/mol. The van der Waals surface area contributed by atoms with Crippen LogP contribution in [0.25, 0.3) is 0 Å². The van der Waals surface area contributed by atoms with E-state index in [0.29, 0.717) is 11.7 Å². The van der Waals surface area contributed by atoms with Crippen LogP contribution in [0.4, 0.5) is 5.69 Å². The Morgan fingerprint density at radius 2 is 1.96 bits per heavy atom. The van der Waals surface area contributed by atoms with Crippen LogP contribution in [-0.2, 0) is 6.54 Å². The molecule has 0 aliphatic rings. The highest BCUT2D eigenvalue weighted by molar-refractivity contribution is 7.80. The predicted octanol–water partition coefficient (Wildman–Crippen LogP) is 3.66. The van der Waals surface area contributed by atoms with E-state index < -0.39 is 0 Å². The van der Waals surface area contributed by atoms with Gasteiger partial charge in [0.2, 0.25) is 0 Å². The Hall–Kier alpha value is -2.47. The average molecular weight is 329 g/mol. The summed E-state index contributed by atoms with van der Waals surface area (Å²) >= 11 is 5.42. The molecule has 23 heavy (non-hydrogen) atoms. The zero-order valence-electron chi connectivity index (χ0n) is 13.1. The quantitative estimate of drug-likeness (QED) is 0.515. The van der Waals surface area contributed by atoms with Crippen LogP contribution in [0, 0.1) is 10.1 Å². The third-order valence-electron chi connectivity index (χ3n) is 3.75. The third kappa shape index (κ3) is 4.50. The van der Waals surface area contributed by atoms with Crippen molar-refractivity contribution in [2.45, 2.75) is 19.5 Å². The van der Waals surface area contributed by atoms with Crippen LogP contribution in [0.3, 0.4) is 0 Å². The molecule has 1 atom stereocenters. The van der Waals surface area contributed by atoms with Crippen LogP contribution in [0.2, 0.25) is 0 Å². The lowest BCUT2D eigenvalue weighted by molar-refractivity contribution is -0.384. The first-order valence-electron chi connectivity index (χ1n) is 7.28. The van der Waals surface area contributed by atoms with Crippen LogP contribution < -0.4 is 5.32 Å². The highest BCUT2D eigenvalue weighted by atomic mass is 32.1. The molecule has 0 unspecified atom stereocenters. The first kappa shape index (κ1) is 16.9. The molecule has 0 amide bonds. The van der Waals surface area contributed by atoms with Crippen molar-refractivity contribution in [1.29, 1.82) is 0 Å². The van der Waals surface area contributed by atoms with Gasteiger partial charge in [-0.15, -0.1) is 0 Å². The zero-order chi connectivity index (χ0) is 16.8. The molecule has 0 saturated heterocycles. The average Bonchev–Trinajstić information content (AvgIpc) is 2.59. The molecule has 6 heteroatoms. The summed E-state index contributed by atoms with van der Waals surface area (Å²) in [4.78, 5) is 12.4. The van der Waals surface area contributed by atoms with Gasteiger partial charge in [0.15, 0.2) is 5.11 Å². The molecule has 120 valence electrons. The van der Waals surface area contributed by atoms with E-state index >= 15 is 0 Å². The van der Waals surface area contributed by atoms with E-state index in [0.717, 1.165) is 11.1 Å². The lowest BCUT2D eigenvalue weighted by atomic mass is 10.1. The number of rotatable bonds is 5. The minimum absolute atomic E-state index is 0.0642. The largest absolute Gasteiger partial charge is 0.358 e. The number of non-ortho nitro benzene ring substituents is 1. The number of nitro benzene ring substituents is 1. The Morgan fingerprint density at radius 3 is 2.61 bits per heavy atom. The lowest BCUT2D eigenvalue weighted by Crippen LogP contribution is -2.38. The van der Waals surface area contributed by atoms with Gasteiger partial charge in [0, 0.05) is 25.7 Å². The van der Waals surface area contributed by atoms with Crippen LogP contribution in [0.15, 0.2) is 54.6 Å². The highest BCUT2D eigenvalue weighted by Gasteiger charge is 2.16. The van der Waals surface area contributed by atoms with Gasteiger partial charge in [0.25, 0.3) is 5.69 Å². The number of hydrogen-bond acceptors (Lipinski definition) is 3. The van der Waals surface area contributed by atoms with E-state index in [9.17, 15) is 10.1 Å². The number of nitro groups is 1. The van der Waals surface area contributed by atoms with Gasteiger partial charge in [-0.05, 0) is 30.3 Å². The molecule has 2 aromatic carbocycles. The lowest BCUT2D eigenvalue weighted by Gasteiger charge is -2.28. The van der Waals surface area contributed by atoms with E-state index in [2.05, 4.69) is 5.32 Å². The fourth-order valence-electron chi connectivity index (χ4n) is 2.20. The summed E-state index contributed by atoms with van der Waals surface area (Å²) < 4.78 is 0. The van der Waals surface area contributed by atoms with Crippen molar-refractivity contribution in [2.75, 3.05) is 7.05 Å². The second-order valence-corrected chi connectivity index (χ2v) is 5.67. The van der Waals surface area contributed by atoms with E-state index in [1.165, 1.54) is 6.07 Å². The van der Waals surface area contributed by atoms with Crippen LogP contribution in [0.5, 0.6) is 0 Å². The van der Waals surface area contributed by atoms with Gasteiger partial charge in [0.05, 0.1) is 11.0 Å². The summed E-state index contributed by atoms with van der Waals surface area (Å²) in [5.74, 6) is 0. The molecular formula is C17H19N3O2S. The van der Waals surface area contributed by atoms with Crippen LogP contribution in [0.1, 0.15) is 24.1 Å². The molecule has 0 spiro atoms. The van der Waals surface area contributed by atoms with Gasteiger partial charge in [-0.1, -0.05) is 42.5 Å². The second kappa shape index (κ2) is 7.69. The SMILES string of the molecule is C[C@@H](c1cccc([N+](=O)[O-])c1)N(C)C(=S)NCc1ccccc1. The number of thiocarbonyl (C=S) groups is 1. The molecule has 0 heterocycles. The molecule has 0 radical (unpaired) electrons. The summed E-state index contributed by atoms with van der Waals surface area (Å²) in [6, 6.07) is 16.6. The maximum Gasteiger partial charge on any atom is 0.269 e. The molecule has 0 aromatic heterocycles. The van der Waals surface area contributed by atoms with Crippen molar-refractivity contribution in [2.24, 2.45) is 0 Å². The van der Waals surface area contributed by atoms with Gasteiger partial charge in [-0.2, -0.15) is 0 Å². The molecule has 2 aromatic rings. The zero-order valence-corrected chi connectivity index (χ0v) is 13.9. The minimum atomic E-state index is -0.387. The molecule has 1 N–H and O–H groups in total. The Morgan fingerprint density at radius 1 is 1.26 bits per heavy atom. The van der Waals surface area contributed by atoms with Crippen molar-refractivity contribution < 1.29 is 4.92 Å². The summed E-state index contributed by atoms with van der Waals surface area (Å²) in [5, 5.41) is 14.7. The van der Waals surface area contributed by atoms with Crippen molar-refractivity contribution in [3.8, 4) is 0 Å². The second-order valence-electron chi connectivity index (χ2n) is 5.28. The fraction of sp³-hybridized carbons (Fsp3) is 0.235. The van der Waals surface area contributed by atoms with Crippen molar-refractivity contribution >= 4 is 23.0 Å². The topological polar surface area (TPSA) is 58.4 Å². The molecule has 0 aliphatic heterocycles. The van der Waals surface area contributed by atoms with Crippen LogP contribution in [-0.4, -0.2) is 22.0 Å². The van der Waals surface area contributed by atoms with Gasteiger partial charge in [-0.25, -0.2) is 0 Å². The normalized spacial score (nSPS) is 11.6. The van der Waals surface area contributed by atoms with Gasteiger partial charge >= 0.3 is 0 Å². The Kier molecular flexibility index (Phi) is 5.65. The molecule has 0 fully saturated rings. The third-order valence-corrected chi connectivity index (χ3v) is 4.18. The first-order valence-corrected chi connectivity index (χ1v) is 7.69. The summed E-state index contributed by atoms with van der Waals surface area (Å²) in [7, 11) is 1.88. The smallest absolute Gasteiger partial charge is 0.269 e. The van der Waals surface area contributed by atoms with Crippen LogP contribution >= 0.6 is 12.2 Å². The fourth-order valence-corrected chi connectivity index (χ4v) is 2.43. The highest BCUT2D eigenvalue weighted by Crippen LogP contribution is 2.23. The Balaban J connectivity index is 2.01. The van der Waals surface area contributed by atoms with Gasteiger partial charge in [-0.3, -0.25) is 10.1 Å². The van der Waals surface area contributed by atoms with E-state index in [-0.39, 0.29) is 16.7 Å². The van der Waals surface area contributed by atoms with Crippen molar-refractivity contribution in [3.63, 3.8) is 0 Å². The number of nitrogens with one attached hydrogen (secondary N) is 1. The van der Waals surface area contributed by atoms with Gasteiger partial charge in [0.1, 0.15) is 0 Å². The monoisotopic (exact) mass is 329 g/mol. The summed E-state index contributed by atoms with van der Waals surface area (Å²) in [5.41, 5.74) is 2.09. The molecule has 0 aliphatic carbocycles. The standard InChI is InChI=1S/C17H19N3O2S/c1-13(15-9-6-10-16(11-15)20(21)22)19(2)17(23)18-12-14-7-4-3-5-8-14/h3-11,13H,12H2,1-2H3,(H,18,23)/t13-/m0/s1. The molecule has 0 saturated carbocycles. The van der Waals surface area contributed by atoms with E-state index in [1.54, 1.807) is 12.1 Å². The number of benzene rings is 2. The van der Waals surface area contributed by atoms with Gasteiger partial charge < -0.3 is 10.2 Å². The van der Waals surface area contributed by atoms with Crippen molar-refractivity contribution in [3.05, 3.63) is 75.8 Å². The number of nitrogens with zero attached hydrogens (tertiary/aromatic N) is 2. The minimum Gasteiger partial charge on any atom is -0.358 e. The van der Waals surface area contributed by atoms with E-state index in [1.807, 2.05) is 55.3 Å². The maximum absolute atomic E-state index is 10.9. The predicted molar refractivity (Wildman–Crippen MR) is 95.2 cm³/mol. The first-order chi connectivity index (χ1) is 11.0. The molecule has 5 nitrogen and oxygen atoms in total. The summed E-state index contributed by atoms with van der Waals surface area (Å²) in [6.45, 7) is 2.61. The van der Waals surface area contributed by atoms with E-state index in [4.69, 9.17) is 12.2 Å². The Labute approximate surface area is 141 Å². The Bertz CT molecular complexity index is 691.